The summed E-state index contributed by atoms with van der Waals surface area (Å²) in [6.45, 7) is 7.48. The third-order valence-electron chi connectivity index (χ3n) is 3.10. The van der Waals surface area contributed by atoms with Crippen LogP contribution in [0, 0.1) is 13.8 Å². The Kier molecular flexibility index (Phi) is 4.80. The van der Waals surface area contributed by atoms with Crippen LogP contribution in [0.4, 0.5) is 5.69 Å². The van der Waals surface area contributed by atoms with Crippen molar-refractivity contribution in [2.24, 2.45) is 7.05 Å². The van der Waals surface area contributed by atoms with Gasteiger partial charge in [0.25, 0.3) is 5.91 Å². The molecule has 1 amide bonds. The third-order valence-corrected chi connectivity index (χ3v) is 4.10. The van der Waals surface area contributed by atoms with Crippen LogP contribution in [0.2, 0.25) is 0 Å². The minimum Gasteiger partial charge on any atom is -0.319 e. The van der Waals surface area contributed by atoms with E-state index in [2.05, 4.69) is 22.0 Å². The molecule has 2 heterocycles. The third kappa shape index (κ3) is 3.33. The number of rotatable bonds is 5. The average molecular weight is 302 g/mol. The molecule has 0 spiro atoms. The summed E-state index contributed by atoms with van der Waals surface area (Å²) in [5.74, 6) is 0.538. The molecule has 0 saturated carbocycles. The number of carbonyl (C=O) groups is 1. The first-order chi connectivity index (χ1) is 10.0. The quantitative estimate of drug-likeness (QED) is 0.681. The van der Waals surface area contributed by atoms with E-state index < -0.39 is 0 Å². The summed E-state index contributed by atoms with van der Waals surface area (Å²) in [6.07, 6.45) is 3.47. The summed E-state index contributed by atoms with van der Waals surface area (Å²) in [6, 6.07) is 3.53. The molecule has 0 atom stereocenters. The lowest BCUT2D eigenvalue weighted by Gasteiger charge is -2.08. The van der Waals surface area contributed by atoms with Gasteiger partial charge in [-0.3, -0.25) is 9.48 Å². The van der Waals surface area contributed by atoms with E-state index in [9.17, 15) is 4.79 Å². The molecule has 1 N–H and O–H groups in total. The van der Waals surface area contributed by atoms with Crippen LogP contribution in [0.1, 0.15) is 21.7 Å². The van der Waals surface area contributed by atoms with Gasteiger partial charge in [-0.05, 0) is 26.0 Å². The molecule has 0 aromatic carbocycles. The Hall–Kier alpha value is -2.08. The van der Waals surface area contributed by atoms with Crippen molar-refractivity contribution in [1.82, 2.24) is 14.8 Å². The van der Waals surface area contributed by atoms with Crippen molar-refractivity contribution in [2.45, 2.75) is 18.9 Å². The fourth-order valence-electron chi connectivity index (χ4n) is 1.95. The highest BCUT2D eigenvalue weighted by Crippen LogP contribution is 2.23. The monoisotopic (exact) mass is 302 g/mol. The summed E-state index contributed by atoms with van der Waals surface area (Å²) in [4.78, 5) is 16.7. The van der Waals surface area contributed by atoms with Crippen LogP contribution in [-0.2, 0) is 7.05 Å². The van der Waals surface area contributed by atoms with Crippen LogP contribution in [-0.4, -0.2) is 26.4 Å². The maximum Gasteiger partial charge on any atom is 0.258 e. The number of thioether (sulfide) groups is 1. The highest BCUT2D eigenvalue weighted by Gasteiger charge is 2.16. The Morgan fingerprint density at radius 3 is 2.90 bits per heavy atom. The van der Waals surface area contributed by atoms with E-state index in [1.54, 1.807) is 29.1 Å². The second kappa shape index (κ2) is 6.58. The lowest BCUT2D eigenvalue weighted by molar-refractivity contribution is 0.102. The van der Waals surface area contributed by atoms with Crippen LogP contribution >= 0.6 is 11.8 Å². The molecule has 2 aromatic rings. The van der Waals surface area contributed by atoms with Crippen molar-refractivity contribution in [3.8, 4) is 0 Å². The van der Waals surface area contributed by atoms with Crippen LogP contribution in [0.15, 0.2) is 36.0 Å². The molecule has 0 aliphatic carbocycles. The second-order valence-electron chi connectivity index (χ2n) is 4.58. The molecular weight excluding hydrogens is 284 g/mol. The topological polar surface area (TPSA) is 59.8 Å². The summed E-state index contributed by atoms with van der Waals surface area (Å²) in [5.41, 5.74) is 3.04. The van der Waals surface area contributed by atoms with E-state index in [0.717, 1.165) is 17.1 Å². The predicted octanol–water partition coefficient (Wildman–Crippen LogP) is 2.96. The maximum absolute atomic E-state index is 12.5. The van der Waals surface area contributed by atoms with E-state index in [0.29, 0.717) is 16.3 Å². The molecule has 0 bridgehead atoms. The van der Waals surface area contributed by atoms with E-state index in [-0.39, 0.29) is 5.91 Å². The Bertz CT molecular complexity index is 678. The highest BCUT2D eigenvalue weighted by atomic mass is 32.2. The van der Waals surface area contributed by atoms with Gasteiger partial charge in [0, 0.05) is 19.0 Å². The maximum atomic E-state index is 12.5. The number of pyridine rings is 1. The molecule has 0 radical (unpaired) electrons. The van der Waals surface area contributed by atoms with Gasteiger partial charge in [-0.2, -0.15) is 5.10 Å². The largest absolute Gasteiger partial charge is 0.319 e. The summed E-state index contributed by atoms with van der Waals surface area (Å²) >= 11 is 1.49. The highest BCUT2D eigenvalue weighted by molar-refractivity contribution is 7.99. The Balaban J connectivity index is 2.26. The van der Waals surface area contributed by atoms with E-state index >= 15 is 0 Å². The standard InChI is InChI=1S/C15H18N4OS/c1-5-9-21-15-12(7-6-8-16-15)14(20)17-13-10(2)18-19(4)11(13)3/h5-8H,1,9H2,2-4H3,(H,17,20). The molecule has 21 heavy (non-hydrogen) atoms. The van der Waals surface area contributed by atoms with Crippen LogP contribution < -0.4 is 5.32 Å². The van der Waals surface area contributed by atoms with Crippen molar-refractivity contribution < 1.29 is 4.79 Å². The van der Waals surface area contributed by atoms with Crippen molar-refractivity contribution >= 4 is 23.4 Å². The van der Waals surface area contributed by atoms with Crippen molar-refractivity contribution in [2.75, 3.05) is 11.1 Å². The van der Waals surface area contributed by atoms with Gasteiger partial charge in [0.05, 0.1) is 22.6 Å². The first kappa shape index (κ1) is 15.3. The van der Waals surface area contributed by atoms with Crippen molar-refractivity contribution in [3.05, 3.63) is 47.9 Å². The molecule has 110 valence electrons. The molecule has 0 unspecified atom stereocenters. The van der Waals surface area contributed by atoms with Gasteiger partial charge in [0.1, 0.15) is 5.03 Å². The number of aromatic nitrogens is 3. The number of anilines is 1. The number of nitrogens with one attached hydrogen (secondary N) is 1. The Labute approximate surface area is 128 Å². The van der Waals surface area contributed by atoms with Gasteiger partial charge in [0.15, 0.2) is 0 Å². The zero-order valence-corrected chi connectivity index (χ0v) is 13.2. The normalized spacial score (nSPS) is 10.4. The average Bonchev–Trinajstić information content (AvgIpc) is 2.72. The van der Waals surface area contributed by atoms with Gasteiger partial charge >= 0.3 is 0 Å². The number of carbonyl (C=O) groups excluding carboxylic acids is 1. The SMILES string of the molecule is C=CCSc1ncccc1C(=O)Nc1c(C)nn(C)c1C. The number of nitrogens with zero attached hydrogens (tertiary/aromatic N) is 3. The number of amides is 1. The molecule has 0 fully saturated rings. The molecule has 5 nitrogen and oxygen atoms in total. The van der Waals surface area contributed by atoms with Crippen molar-refractivity contribution in [1.29, 1.82) is 0 Å². The zero-order chi connectivity index (χ0) is 15.4. The number of hydrogen-bond acceptors (Lipinski definition) is 4. The fourth-order valence-corrected chi connectivity index (χ4v) is 2.68. The molecule has 2 rings (SSSR count). The molecule has 0 saturated heterocycles. The van der Waals surface area contributed by atoms with Crippen molar-refractivity contribution in [3.63, 3.8) is 0 Å². The van der Waals surface area contributed by atoms with E-state index in [1.807, 2.05) is 20.9 Å². The van der Waals surface area contributed by atoms with Crippen LogP contribution in [0.3, 0.4) is 0 Å². The van der Waals surface area contributed by atoms with E-state index in [4.69, 9.17) is 0 Å². The zero-order valence-electron chi connectivity index (χ0n) is 12.4. The van der Waals surface area contributed by atoms with Crippen LogP contribution in [0.25, 0.3) is 0 Å². The first-order valence-electron chi connectivity index (χ1n) is 6.54. The van der Waals surface area contributed by atoms with E-state index in [1.165, 1.54) is 11.8 Å². The molecular formula is C15H18N4OS. The molecule has 0 aliphatic heterocycles. The number of hydrogen-bond donors (Lipinski definition) is 1. The minimum absolute atomic E-state index is 0.172. The first-order valence-corrected chi connectivity index (χ1v) is 7.53. The second-order valence-corrected chi connectivity index (χ2v) is 5.59. The fraction of sp³-hybridized carbons (Fsp3) is 0.267. The minimum atomic E-state index is -0.172. The Morgan fingerprint density at radius 1 is 1.52 bits per heavy atom. The van der Waals surface area contributed by atoms with Gasteiger partial charge in [-0.1, -0.05) is 6.08 Å². The summed E-state index contributed by atoms with van der Waals surface area (Å²) in [5, 5.41) is 7.93. The molecule has 0 aliphatic rings. The predicted molar refractivity (Wildman–Crippen MR) is 85.8 cm³/mol. The molecule has 6 heteroatoms. The van der Waals surface area contributed by atoms with Crippen LogP contribution in [0.5, 0.6) is 0 Å². The Morgan fingerprint density at radius 2 is 2.29 bits per heavy atom. The smallest absolute Gasteiger partial charge is 0.258 e. The van der Waals surface area contributed by atoms with Gasteiger partial charge in [-0.25, -0.2) is 4.98 Å². The van der Waals surface area contributed by atoms with Gasteiger partial charge in [-0.15, -0.1) is 18.3 Å². The lowest BCUT2D eigenvalue weighted by Crippen LogP contribution is -2.14. The lowest BCUT2D eigenvalue weighted by atomic mass is 10.2. The molecule has 2 aromatic heterocycles. The summed E-state index contributed by atoms with van der Waals surface area (Å²) in [7, 11) is 1.85. The van der Waals surface area contributed by atoms with Gasteiger partial charge in [0.2, 0.25) is 0 Å². The summed E-state index contributed by atoms with van der Waals surface area (Å²) < 4.78 is 1.75. The number of aryl methyl sites for hydroxylation is 2. The van der Waals surface area contributed by atoms with Gasteiger partial charge < -0.3 is 5.32 Å².